The zero-order valence-corrected chi connectivity index (χ0v) is 30.9. The van der Waals surface area contributed by atoms with Crippen molar-refractivity contribution in [3.05, 3.63) is 215 Å². The van der Waals surface area contributed by atoms with Crippen molar-refractivity contribution in [1.82, 2.24) is 4.57 Å². The fourth-order valence-electron chi connectivity index (χ4n) is 11.3. The summed E-state index contributed by atoms with van der Waals surface area (Å²) < 4.78 is 2.50. The van der Waals surface area contributed by atoms with Gasteiger partial charge in [0, 0.05) is 39.9 Å². The van der Waals surface area contributed by atoms with Crippen molar-refractivity contribution in [2.75, 3.05) is 4.90 Å². The summed E-state index contributed by atoms with van der Waals surface area (Å²) in [6.07, 6.45) is 33.3. The van der Waals surface area contributed by atoms with Gasteiger partial charge in [0.05, 0.1) is 23.1 Å². The summed E-state index contributed by atoms with van der Waals surface area (Å²) in [5, 5.41) is 5.43. The van der Waals surface area contributed by atoms with Gasteiger partial charge in [0.25, 0.3) is 0 Å². The Morgan fingerprint density at radius 2 is 1.32 bits per heavy atom. The zero-order chi connectivity index (χ0) is 36.5. The maximum Gasteiger partial charge on any atom is 0.0665 e. The van der Waals surface area contributed by atoms with Gasteiger partial charge in [-0.15, -0.1) is 0 Å². The minimum atomic E-state index is 0.168. The number of allylic oxidation sites excluding steroid dienone is 13. The van der Waals surface area contributed by atoms with Crippen LogP contribution in [0.1, 0.15) is 23.5 Å². The lowest BCUT2D eigenvalue weighted by Crippen LogP contribution is -2.52. The standard InChI is InChI=1S/C54H38N2/c1-2-13-34-30-37(27-24-33(34)12-1)55-48-22-9-7-16-40(48)46-31-35(25-28-50(46)55)36-26-29-51-47(32-36)41-17-8-10-23-49(41)56(51)54-45-19-6-4-15-39(45)43-21-11-20-42-38-14-3-5-18-44(38)53(54)52(42)43/h1-29,31-32,34,41,45,49,54H,30H2. The summed E-state index contributed by atoms with van der Waals surface area (Å²) in [5.41, 5.74) is 17.6. The molecule has 0 bridgehead atoms. The van der Waals surface area contributed by atoms with Crippen molar-refractivity contribution < 1.29 is 0 Å². The largest absolute Gasteiger partial charge is 0.356 e. The van der Waals surface area contributed by atoms with Gasteiger partial charge in [0.15, 0.2) is 0 Å². The number of hydrogen-bond donors (Lipinski definition) is 0. The van der Waals surface area contributed by atoms with Gasteiger partial charge in [-0.2, -0.15) is 0 Å². The van der Waals surface area contributed by atoms with Crippen LogP contribution in [0.4, 0.5) is 5.69 Å². The maximum atomic E-state index is 2.79. The van der Waals surface area contributed by atoms with Crippen LogP contribution in [-0.4, -0.2) is 16.7 Å². The van der Waals surface area contributed by atoms with E-state index in [1.54, 1.807) is 0 Å². The number of nitrogens with zero attached hydrogens (tertiary/aromatic N) is 2. The molecule has 5 atom stereocenters. The van der Waals surface area contributed by atoms with E-state index in [0.29, 0.717) is 5.92 Å². The Morgan fingerprint density at radius 3 is 2.30 bits per heavy atom. The molecule has 264 valence electrons. The van der Waals surface area contributed by atoms with E-state index in [-0.39, 0.29) is 23.9 Å². The molecular weight excluding hydrogens is 677 g/mol. The first-order valence-electron chi connectivity index (χ1n) is 20.2. The van der Waals surface area contributed by atoms with E-state index < -0.39 is 0 Å². The lowest BCUT2D eigenvalue weighted by molar-refractivity contribution is 0.575. The van der Waals surface area contributed by atoms with Gasteiger partial charge in [-0.25, -0.2) is 0 Å². The topological polar surface area (TPSA) is 8.17 Å². The molecule has 0 N–H and O–H groups in total. The molecule has 7 aliphatic rings. The third kappa shape index (κ3) is 4.11. The highest BCUT2D eigenvalue weighted by Crippen LogP contribution is 2.52. The molecule has 1 aliphatic heterocycles. The smallest absolute Gasteiger partial charge is 0.0665 e. The fourth-order valence-corrected chi connectivity index (χ4v) is 11.3. The molecule has 0 saturated heterocycles. The van der Waals surface area contributed by atoms with Crippen LogP contribution in [0, 0.1) is 11.8 Å². The van der Waals surface area contributed by atoms with Crippen LogP contribution in [0.15, 0.2) is 194 Å². The molecule has 6 aliphatic carbocycles. The molecule has 0 amide bonds. The van der Waals surface area contributed by atoms with E-state index in [1.807, 2.05) is 0 Å². The molecular formula is C54H38N2. The molecule has 5 unspecified atom stereocenters. The second kappa shape index (κ2) is 11.4. The Balaban J connectivity index is 0.964. The molecule has 1 aromatic heterocycles. The van der Waals surface area contributed by atoms with E-state index in [9.17, 15) is 0 Å². The van der Waals surface area contributed by atoms with Crippen LogP contribution < -0.4 is 15.3 Å². The normalized spacial score (nSPS) is 24.2. The van der Waals surface area contributed by atoms with Gasteiger partial charge in [-0.3, -0.25) is 0 Å². The van der Waals surface area contributed by atoms with E-state index in [0.717, 1.165) is 6.42 Å². The van der Waals surface area contributed by atoms with Crippen molar-refractivity contribution in [1.29, 1.82) is 0 Å². The minimum absolute atomic E-state index is 0.168. The lowest BCUT2D eigenvalue weighted by Gasteiger charge is -2.43. The molecule has 0 saturated carbocycles. The first-order chi connectivity index (χ1) is 27.8. The number of anilines is 1. The molecule has 56 heavy (non-hydrogen) atoms. The SMILES string of the molecule is C1=CC2=CC=C(n3c4ccccc4c4cc(-c5ccc6c(c5)C5C=CC=CC5N6C5C6=c7c(cccc7=C7C=CC=CC75)-c5ccccc56)ccc43)CC2C=C1. The Labute approximate surface area is 326 Å². The predicted molar refractivity (Wildman–Crippen MR) is 234 cm³/mol. The van der Waals surface area contributed by atoms with Crippen LogP contribution in [0.25, 0.3) is 60.9 Å². The Morgan fingerprint density at radius 1 is 0.554 bits per heavy atom. The van der Waals surface area contributed by atoms with E-state index >= 15 is 0 Å². The lowest BCUT2D eigenvalue weighted by atomic mass is 9.76. The van der Waals surface area contributed by atoms with Crippen LogP contribution in [0.2, 0.25) is 0 Å². The minimum Gasteiger partial charge on any atom is -0.356 e. The Kier molecular flexibility index (Phi) is 6.27. The van der Waals surface area contributed by atoms with Crippen molar-refractivity contribution in [2.24, 2.45) is 11.8 Å². The van der Waals surface area contributed by atoms with Crippen LogP contribution >= 0.6 is 0 Å². The van der Waals surface area contributed by atoms with Gasteiger partial charge in [0.1, 0.15) is 0 Å². The molecule has 0 spiro atoms. The first-order valence-corrected chi connectivity index (χ1v) is 20.2. The molecule has 0 fully saturated rings. The highest BCUT2D eigenvalue weighted by atomic mass is 15.2. The molecule has 6 aromatic rings. The summed E-state index contributed by atoms with van der Waals surface area (Å²) in [7, 11) is 0. The van der Waals surface area contributed by atoms with E-state index in [1.165, 1.54) is 93.7 Å². The van der Waals surface area contributed by atoms with Gasteiger partial charge < -0.3 is 9.47 Å². The van der Waals surface area contributed by atoms with Gasteiger partial charge in [0.2, 0.25) is 0 Å². The second-order valence-corrected chi connectivity index (χ2v) is 16.3. The summed E-state index contributed by atoms with van der Waals surface area (Å²) in [4.78, 5) is 2.79. The van der Waals surface area contributed by atoms with E-state index in [4.69, 9.17) is 0 Å². The van der Waals surface area contributed by atoms with Crippen molar-refractivity contribution in [2.45, 2.75) is 24.4 Å². The number of rotatable bonds is 3. The molecule has 2 nitrogen and oxygen atoms in total. The average Bonchev–Trinajstić information content (AvgIpc) is 3.90. The van der Waals surface area contributed by atoms with Crippen molar-refractivity contribution in [3.8, 4) is 22.3 Å². The number of fused-ring (bicyclic) bond motifs is 11. The third-order valence-electron chi connectivity index (χ3n) is 13.6. The molecule has 0 radical (unpaired) electrons. The summed E-state index contributed by atoms with van der Waals surface area (Å²) >= 11 is 0. The predicted octanol–water partition coefficient (Wildman–Crippen LogP) is 10.9. The fraction of sp³-hybridized carbons (Fsp3) is 0.111. The molecule has 2 heterocycles. The van der Waals surface area contributed by atoms with Gasteiger partial charge in [-0.1, -0.05) is 152 Å². The highest BCUT2D eigenvalue weighted by Gasteiger charge is 2.47. The molecule has 2 heteroatoms. The van der Waals surface area contributed by atoms with Gasteiger partial charge in [-0.05, 0) is 103 Å². The zero-order valence-electron chi connectivity index (χ0n) is 30.9. The molecule has 5 aromatic carbocycles. The number of para-hydroxylation sites is 1. The number of hydrogen-bond acceptors (Lipinski definition) is 1. The Bertz CT molecular complexity index is 3150. The van der Waals surface area contributed by atoms with E-state index in [2.05, 4.69) is 198 Å². The van der Waals surface area contributed by atoms with Crippen LogP contribution in [0.5, 0.6) is 0 Å². The van der Waals surface area contributed by atoms with Crippen molar-refractivity contribution >= 4 is 44.3 Å². The quantitative estimate of drug-likeness (QED) is 0.177. The monoisotopic (exact) mass is 714 g/mol. The van der Waals surface area contributed by atoms with Gasteiger partial charge >= 0.3 is 0 Å². The third-order valence-corrected chi connectivity index (χ3v) is 13.6. The number of aromatic nitrogens is 1. The maximum absolute atomic E-state index is 2.79. The van der Waals surface area contributed by atoms with Crippen LogP contribution in [-0.2, 0) is 0 Å². The highest BCUT2D eigenvalue weighted by molar-refractivity contribution is 6.11. The van der Waals surface area contributed by atoms with Crippen LogP contribution in [0.3, 0.4) is 0 Å². The summed E-state index contributed by atoms with van der Waals surface area (Å²) in [6.45, 7) is 0. The average molecular weight is 715 g/mol. The number of benzene rings is 5. The molecule has 13 rings (SSSR count). The van der Waals surface area contributed by atoms with Crippen molar-refractivity contribution in [3.63, 3.8) is 0 Å². The second-order valence-electron chi connectivity index (χ2n) is 16.3. The Hall–Kier alpha value is -6.64. The summed E-state index contributed by atoms with van der Waals surface area (Å²) in [5.74, 6) is 0.957. The summed E-state index contributed by atoms with van der Waals surface area (Å²) in [6, 6.07) is 39.8. The first kappa shape index (κ1) is 30.7.